The first-order valence-electron chi connectivity index (χ1n) is 8.25. The molecule has 1 aliphatic rings. The average Bonchev–Trinajstić information content (AvgIpc) is 2.92. The molecule has 3 aromatic rings. The molecule has 0 bridgehead atoms. The van der Waals surface area contributed by atoms with Crippen LogP contribution in [0.1, 0.15) is 27.7 Å². The monoisotopic (exact) mass is 382 g/mol. The second kappa shape index (κ2) is 6.67. The Morgan fingerprint density at radius 3 is 2.38 bits per heavy atom. The molecule has 3 nitrogen and oxygen atoms in total. The van der Waals surface area contributed by atoms with Crippen molar-refractivity contribution in [3.05, 3.63) is 93.5 Å². The summed E-state index contributed by atoms with van der Waals surface area (Å²) in [5.41, 5.74) is 4.37. The minimum absolute atomic E-state index is 0.0416. The van der Waals surface area contributed by atoms with Gasteiger partial charge in [-0.3, -0.25) is 9.69 Å². The number of rotatable bonds is 3. The molecule has 1 aliphatic heterocycles. The van der Waals surface area contributed by atoms with Gasteiger partial charge in [0.2, 0.25) is 0 Å². The van der Waals surface area contributed by atoms with Crippen LogP contribution in [0.2, 0.25) is 10.0 Å². The molecule has 0 aromatic heterocycles. The molecule has 0 saturated heterocycles. The summed E-state index contributed by atoms with van der Waals surface area (Å²) in [5.74, 6) is -0.0416. The van der Waals surface area contributed by atoms with Gasteiger partial charge in [0.05, 0.1) is 0 Å². The molecule has 26 heavy (non-hydrogen) atoms. The van der Waals surface area contributed by atoms with Crippen LogP contribution in [-0.2, 0) is 0 Å². The van der Waals surface area contributed by atoms with Crippen molar-refractivity contribution in [3.63, 3.8) is 0 Å². The van der Waals surface area contributed by atoms with Gasteiger partial charge in [-0.2, -0.15) is 0 Å². The Morgan fingerprint density at radius 2 is 1.62 bits per heavy atom. The van der Waals surface area contributed by atoms with Crippen molar-refractivity contribution in [2.75, 3.05) is 10.2 Å². The molecule has 0 radical (unpaired) electrons. The van der Waals surface area contributed by atoms with Gasteiger partial charge >= 0.3 is 0 Å². The summed E-state index contributed by atoms with van der Waals surface area (Å²) in [6, 6.07) is 20.6. The molecular weight excluding hydrogens is 367 g/mol. The van der Waals surface area contributed by atoms with Crippen molar-refractivity contribution in [3.8, 4) is 0 Å². The minimum Gasteiger partial charge on any atom is -0.361 e. The van der Waals surface area contributed by atoms with Gasteiger partial charge in [0, 0.05) is 32.5 Å². The zero-order valence-electron chi connectivity index (χ0n) is 14.0. The van der Waals surface area contributed by atoms with E-state index < -0.39 is 0 Å². The fourth-order valence-corrected chi connectivity index (χ4v) is 3.52. The Morgan fingerprint density at radius 1 is 0.923 bits per heavy atom. The lowest BCUT2D eigenvalue weighted by Gasteiger charge is -2.28. The van der Waals surface area contributed by atoms with Gasteiger partial charge in [-0.05, 0) is 55.0 Å². The van der Waals surface area contributed by atoms with E-state index in [0.29, 0.717) is 15.6 Å². The number of halogens is 2. The predicted octanol–water partition coefficient (Wildman–Crippen LogP) is 6.07. The molecule has 5 heteroatoms. The minimum atomic E-state index is -0.322. The highest BCUT2D eigenvalue weighted by molar-refractivity contribution is 6.31. The second-order valence-electron chi connectivity index (χ2n) is 6.24. The third-order valence-corrected chi connectivity index (χ3v) is 5.05. The third kappa shape index (κ3) is 2.94. The topological polar surface area (TPSA) is 32.3 Å². The summed E-state index contributed by atoms with van der Waals surface area (Å²) >= 11 is 12.2. The van der Waals surface area contributed by atoms with E-state index in [9.17, 15) is 4.79 Å². The van der Waals surface area contributed by atoms with Crippen LogP contribution in [0.25, 0.3) is 0 Å². The quantitative estimate of drug-likeness (QED) is 0.595. The highest BCUT2D eigenvalue weighted by Gasteiger charge is 2.37. The van der Waals surface area contributed by atoms with Crippen molar-refractivity contribution < 1.29 is 4.79 Å². The van der Waals surface area contributed by atoms with Crippen LogP contribution in [0.15, 0.2) is 66.7 Å². The van der Waals surface area contributed by atoms with E-state index in [1.54, 1.807) is 17.0 Å². The number of hydrogen-bond acceptors (Lipinski definition) is 2. The van der Waals surface area contributed by atoms with Gasteiger partial charge in [-0.15, -0.1) is 0 Å². The predicted molar refractivity (Wildman–Crippen MR) is 107 cm³/mol. The Bertz CT molecular complexity index is 986. The second-order valence-corrected chi connectivity index (χ2v) is 7.12. The Balaban J connectivity index is 1.80. The molecule has 0 spiro atoms. The zero-order valence-corrected chi connectivity index (χ0v) is 15.6. The largest absolute Gasteiger partial charge is 0.361 e. The van der Waals surface area contributed by atoms with Crippen LogP contribution in [0, 0.1) is 6.92 Å². The smallest absolute Gasteiger partial charge is 0.260 e. The SMILES string of the molecule is Cc1ccc(Cl)cc1N[C@@H]1c2ccccc2C(=O)N1c1ccc(Cl)cc1. The lowest BCUT2D eigenvalue weighted by molar-refractivity contribution is 0.0993. The van der Waals surface area contributed by atoms with Gasteiger partial charge in [0.15, 0.2) is 0 Å². The zero-order chi connectivity index (χ0) is 18.3. The van der Waals surface area contributed by atoms with Gasteiger partial charge in [0.1, 0.15) is 6.17 Å². The van der Waals surface area contributed by atoms with Crippen LogP contribution in [0.3, 0.4) is 0 Å². The lowest BCUT2D eigenvalue weighted by atomic mass is 10.1. The number of aryl methyl sites for hydroxylation is 1. The maximum Gasteiger partial charge on any atom is 0.260 e. The van der Waals surface area contributed by atoms with Crippen LogP contribution < -0.4 is 10.2 Å². The average molecular weight is 383 g/mol. The first-order chi connectivity index (χ1) is 12.5. The van der Waals surface area contributed by atoms with Crippen LogP contribution >= 0.6 is 23.2 Å². The highest BCUT2D eigenvalue weighted by atomic mass is 35.5. The normalized spacial score (nSPS) is 15.9. The van der Waals surface area contributed by atoms with Crippen molar-refractivity contribution in [2.45, 2.75) is 13.1 Å². The van der Waals surface area contributed by atoms with Gasteiger partial charge in [-0.1, -0.05) is 47.5 Å². The van der Waals surface area contributed by atoms with E-state index in [0.717, 1.165) is 22.5 Å². The van der Waals surface area contributed by atoms with Crippen LogP contribution in [0.4, 0.5) is 11.4 Å². The molecule has 1 atom stereocenters. The fourth-order valence-electron chi connectivity index (χ4n) is 3.22. The van der Waals surface area contributed by atoms with Gasteiger partial charge < -0.3 is 5.32 Å². The van der Waals surface area contributed by atoms with E-state index in [2.05, 4.69) is 5.32 Å². The number of carbonyl (C=O) groups excluding carboxylic acids is 1. The molecule has 4 rings (SSSR count). The van der Waals surface area contributed by atoms with Crippen molar-refractivity contribution in [2.24, 2.45) is 0 Å². The molecule has 0 aliphatic carbocycles. The number of anilines is 2. The summed E-state index contributed by atoms with van der Waals surface area (Å²) in [4.78, 5) is 14.8. The van der Waals surface area contributed by atoms with E-state index in [4.69, 9.17) is 23.2 Å². The van der Waals surface area contributed by atoms with Crippen LogP contribution in [-0.4, -0.2) is 5.91 Å². The summed E-state index contributed by atoms with van der Waals surface area (Å²) in [7, 11) is 0. The molecule has 3 aromatic carbocycles. The van der Waals surface area contributed by atoms with Gasteiger partial charge in [-0.25, -0.2) is 0 Å². The molecule has 1 N–H and O–H groups in total. The highest BCUT2D eigenvalue weighted by Crippen LogP contribution is 2.39. The Labute approximate surface area is 162 Å². The van der Waals surface area contributed by atoms with E-state index in [-0.39, 0.29) is 12.1 Å². The van der Waals surface area contributed by atoms with E-state index >= 15 is 0 Å². The summed E-state index contributed by atoms with van der Waals surface area (Å²) < 4.78 is 0. The number of nitrogens with one attached hydrogen (secondary N) is 1. The Hall–Kier alpha value is -2.49. The molecule has 0 unspecified atom stereocenters. The summed E-state index contributed by atoms with van der Waals surface area (Å²) in [6.07, 6.45) is -0.322. The van der Waals surface area contributed by atoms with Crippen molar-refractivity contribution in [1.82, 2.24) is 0 Å². The molecule has 130 valence electrons. The van der Waals surface area contributed by atoms with E-state index in [1.165, 1.54) is 0 Å². The standard InChI is InChI=1S/C21H16Cl2N2O/c1-13-6-7-15(23)12-19(13)24-20-17-4-2-3-5-18(17)21(26)25(20)16-10-8-14(22)9-11-16/h2-12,20,24H,1H3/t20-/m0/s1. The molecule has 0 saturated carbocycles. The molecule has 0 fully saturated rings. The van der Waals surface area contributed by atoms with Crippen molar-refractivity contribution >= 4 is 40.5 Å². The van der Waals surface area contributed by atoms with Gasteiger partial charge in [0.25, 0.3) is 5.91 Å². The number of nitrogens with zero attached hydrogens (tertiary/aromatic N) is 1. The van der Waals surface area contributed by atoms with Crippen molar-refractivity contribution in [1.29, 1.82) is 0 Å². The molecular formula is C21H16Cl2N2O. The lowest BCUT2D eigenvalue weighted by Crippen LogP contribution is -2.32. The third-order valence-electron chi connectivity index (χ3n) is 4.56. The maximum atomic E-state index is 13.1. The number of benzene rings is 3. The Kier molecular flexibility index (Phi) is 4.35. The number of fused-ring (bicyclic) bond motifs is 1. The van der Waals surface area contributed by atoms with Crippen LogP contribution in [0.5, 0.6) is 0 Å². The molecule has 1 heterocycles. The summed E-state index contributed by atoms with van der Waals surface area (Å²) in [5, 5.41) is 4.77. The van der Waals surface area contributed by atoms with E-state index in [1.807, 2.05) is 61.5 Å². The number of hydrogen-bond donors (Lipinski definition) is 1. The number of amides is 1. The first-order valence-corrected chi connectivity index (χ1v) is 9.01. The fraction of sp³-hybridized carbons (Fsp3) is 0.0952. The maximum absolute atomic E-state index is 13.1. The summed E-state index contributed by atoms with van der Waals surface area (Å²) in [6.45, 7) is 2.01. The number of carbonyl (C=O) groups is 1. The first kappa shape index (κ1) is 17.0. The molecule has 1 amide bonds.